The minimum absolute atomic E-state index is 0.0668. The van der Waals surface area contributed by atoms with Gasteiger partial charge in [-0.05, 0) is 34.7 Å². The van der Waals surface area contributed by atoms with Crippen molar-refractivity contribution in [2.45, 2.75) is 43.9 Å². The Bertz CT molecular complexity index is 1310. The van der Waals surface area contributed by atoms with Crippen molar-refractivity contribution in [2.24, 2.45) is 5.73 Å². The molecule has 4 aromatic rings. The Labute approximate surface area is 204 Å². The summed E-state index contributed by atoms with van der Waals surface area (Å²) in [6, 6.07) is 25.0. The third-order valence-electron chi connectivity index (χ3n) is 6.62. The van der Waals surface area contributed by atoms with Crippen molar-refractivity contribution in [2.75, 3.05) is 0 Å². The molecule has 1 saturated carbocycles. The molecule has 3 unspecified atom stereocenters. The predicted octanol–water partition coefficient (Wildman–Crippen LogP) is 4.63. The molecule has 1 aromatic heterocycles. The maximum Gasteiger partial charge on any atom is 0.408 e. The van der Waals surface area contributed by atoms with Crippen LogP contribution in [0.5, 0.6) is 0 Å². The fourth-order valence-electron chi connectivity index (χ4n) is 4.48. The summed E-state index contributed by atoms with van der Waals surface area (Å²) in [5.41, 5.74) is 10.9. The molecule has 1 fully saturated rings. The van der Waals surface area contributed by atoms with Gasteiger partial charge in [0.2, 0.25) is 0 Å². The molecule has 0 aliphatic heterocycles. The Morgan fingerprint density at radius 3 is 2.43 bits per heavy atom. The second kappa shape index (κ2) is 10.2. The van der Waals surface area contributed by atoms with Gasteiger partial charge in [0.15, 0.2) is 5.78 Å². The number of nitrogens with two attached hydrogens (primary N) is 1. The Kier molecular flexibility index (Phi) is 6.64. The van der Waals surface area contributed by atoms with Crippen molar-refractivity contribution in [3.8, 4) is 0 Å². The lowest BCUT2D eigenvalue weighted by Gasteiger charge is -2.18. The third-order valence-corrected chi connectivity index (χ3v) is 6.62. The van der Waals surface area contributed by atoms with E-state index in [1.54, 1.807) is 0 Å². The van der Waals surface area contributed by atoms with Crippen molar-refractivity contribution in [1.82, 2.24) is 10.3 Å². The number of benzene rings is 3. The number of nitrogens with one attached hydrogen (secondary N) is 2. The second-order valence-electron chi connectivity index (χ2n) is 9.21. The fraction of sp³-hybridized carbons (Fsp3) is 0.241. The van der Waals surface area contributed by atoms with Crippen LogP contribution < -0.4 is 11.1 Å². The SMILES string of the molecule is NC1CC1c1ccc(CC(=O)C(Cc2c[nH]c3ccccc23)NC(=O)OCc2ccccc2)cc1. The zero-order valence-corrected chi connectivity index (χ0v) is 19.4. The summed E-state index contributed by atoms with van der Waals surface area (Å²) in [7, 11) is 0. The normalized spacial score (nSPS) is 17.6. The van der Waals surface area contributed by atoms with Gasteiger partial charge in [0.05, 0.1) is 6.04 Å². The highest BCUT2D eigenvalue weighted by molar-refractivity contribution is 5.90. The largest absolute Gasteiger partial charge is 0.445 e. The lowest BCUT2D eigenvalue weighted by atomic mass is 9.96. The number of aromatic amines is 1. The lowest BCUT2D eigenvalue weighted by molar-refractivity contribution is -0.120. The van der Waals surface area contributed by atoms with E-state index in [1.165, 1.54) is 5.56 Å². The summed E-state index contributed by atoms with van der Waals surface area (Å²) < 4.78 is 5.40. The molecule has 178 valence electrons. The molecule has 3 aromatic carbocycles. The van der Waals surface area contributed by atoms with E-state index in [-0.39, 0.29) is 24.9 Å². The summed E-state index contributed by atoms with van der Waals surface area (Å²) in [4.78, 5) is 29.2. The lowest BCUT2D eigenvalue weighted by Crippen LogP contribution is -2.43. The average Bonchev–Trinajstić information content (AvgIpc) is 3.48. The number of amides is 1. The van der Waals surface area contributed by atoms with Gasteiger partial charge in [-0.2, -0.15) is 0 Å². The number of carbonyl (C=O) groups is 2. The number of hydrogen-bond donors (Lipinski definition) is 3. The molecule has 0 radical (unpaired) electrons. The highest BCUT2D eigenvalue weighted by Gasteiger charge is 2.34. The number of carbonyl (C=O) groups excluding carboxylic acids is 2. The number of H-pyrrole nitrogens is 1. The number of Topliss-reactive ketones (excluding diaryl/α,β-unsaturated/α-hetero) is 1. The average molecular weight is 468 g/mol. The Morgan fingerprint density at radius 2 is 1.69 bits per heavy atom. The van der Waals surface area contributed by atoms with E-state index in [1.807, 2.05) is 72.9 Å². The van der Waals surface area contributed by atoms with Crippen molar-refractivity contribution in [3.63, 3.8) is 0 Å². The first kappa shape index (κ1) is 22.9. The molecular formula is C29H29N3O3. The highest BCUT2D eigenvalue weighted by atomic mass is 16.5. The van der Waals surface area contributed by atoms with Gasteiger partial charge in [0, 0.05) is 41.9 Å². The molecule has 1 heterocycles. The number of rotatable bonds is 9. The van der Waals surface area contributed by atoms with Gasteiger partial charge < -0.3 is 20.8 Å². The summed E-state index contributed by atoms with van der Waals surface area (Å²) >= 11 is 0. The molecule has 0 bridgehead atoms. The Hall–Kier alpha value is -3.90. The standard InChI is InChI=1S/C29H29N3O3/c30-25-16-24(25)21-12-10-19(11-13-21)14-28(33)27(15-22-17-31-26-9-5-4-8-23(22)26)32-29(34)35-18-20-6-2-1-3-7-20/h1-13,17,24-25,27,31H,14-16,18,30H2,(H,32,34). The van der Waals surface area contributed by atoms with Crippen LogP contribution in [0.4, 0.5) is 4.79 Å². The third kappa shape index (κ3) is 5.61. The number of ether oxygens (including phenoxy) is 1. The summed E-state index contributed by atoms with van der Waals surface area (Å²) in [6.45, 7) is 0.144. The number of aromatic nitrogens is 1. The van der Waals surface area contributed by atoms with E-state index in [0.717, 1.165) is 34.0 Å². The first-order valence-electron chi connectivity index (χ1n) is 12.0. The number of alkyl carbamates (subject to hydrolysis) is 1. The van der Waals surface area contributed by atoms with Crippen molar-refractivity contribution < 1.29 is 14.3 Å². The topological polar surface area (TPSA) is 97.2 Å². The molecule has 1 aliphatic rings. The molecule has 1 aliphatic carbocycles. The maximum absolute atomic E-state index is 13.4. The first-order chi connectivity index (χ1) is 17.1. The molecule has 0 spiro atoms. The molecule has 6 nitrogen and oxygen atoms in total. The fourth-order valence-corrected chi connectivity index (χ4v) is 4.48. The van der Waals surface area contributed by atoms with Crippen LogP contribution in [0, 0.1) is 0 Å². The summed E-state index contributed by atoms with van der Waals surface area (Å²) in [5, 5.41) is 3.85. The quantitative estimate of drug-likeness (QED) is 0.334. The highest BCUT2D eigenvalue weighted by Crippen LogP contribution is 2.38. The number of ketones is 1. The van der Waals surface area contributed by atoms with Crippen LogP contribution in [0.15, 0.2) is 85.1 Å². The van der Waals surface area contributed by atoms with Crippen LogP contribution in [0.1, 0.15) is 34.6 Å². The smallest absolute Gasteiger partial charge is 0.408 e. The monoisotopic (exact) mass is 467 g/mol. The maximum atomic E-state index is 13.4. The first-order valence-corrected chi connectivity index (χ1v) is 12.0. The summed E-state index contributed by atoms with van der Waals surface area (Å²) in [6.07, 6.45) is 2.90. The van der Waals surface area contributed by atoms with Gasteiger partial charge in [0.1, 0.15) is 6.61 Å². The Morgan fingerprint density at radius 1 is 0.971 bits per heavy atom. The van der Waals surface area contributed by atoms with E-state index < -0.39 is 12.1 Å². The van der Waals surface area contributed by atoms with Crippen LogP contribution >= 0.6 is 0 Å². The Balaban J connectivity index is 1.29. The molecule has 5 rings (SSSR count). The van der Waals surface area contributed by atoms with E-state index in [4.69, 9.17) is 10.5 Å². The second-order valence-corrected chi connectivity index (χ2v) is 9.21. The van der Waals surface area contributed by atoms with Gasteiger partial charge in [0.25, 0.3) is 0 Å². The van der Waals surface area contributed by atoms with Crippen molar-refractivity contribution in [1.29, 1.82) is 0 Å². The molecule has 1 amide bonds. The number of fused-ring (bicyclic) bond motifs is 1. The minimum atomic E-state index is -0.714. The number of hydrogen-bond acceptors (Lipinski definition) is 4. The van der Waals surface area contributed by atoms with Gasteiger partial charge in [-0.25, -0.2) is 4.79 Å². The van der Waals surface area contributed by atoms with Gasteiger partial charge in [-0.3, -0.25) is 4.79 Å². The van der Waals surface area contributed by atoms with Gasteiger partial charge >= 0.3 is 6.09 Å². The van der Waals surface area contributed by atoms with Gasteiger partial charge in [-0.1, -0.05) is 72.8 Å². The van der Waals surface area contributed by atoms with Gasteiger partial charge in [-0.15, -0.1) is 0 Å². The van der Waals surface area contributed by atoms with Crippen LogP contribution in [0.3, 0.4) is 0 Å². The van der Waals surface area contributed by atoms with E-state index in [0.29, 0.717) is 12.3 Å². The van der Waals surface area contributed by atoms with Crippen LogP contribution in [-0.2, 0) is 29.0 Å². The van der Waals surface area contributed by atoms with Crippen LogP contribution in [-0.4, -0.2) is 28.9 Å². The van der Waals surface area contributed by atoms with E-state index >= 15 is 0 Å². The zero-order valence-electron chi connectivity index (χ0n) is 19.4. The number of para-hydroxylation sites is 1. The molecule has 4 N–H and O–H groups in total. The minimum Gasteiger partial charge on any atom is -0.445 e. The molecule has 0 saturated heterocycles. The van der Waals surface area contributed by atoms with Crippen LogP contribution in [0.25, 0.3) is 10.9 Å². The predicted molar refractivity (Wildman–Crippen MR) is 136 cm³/mol. The molecule has 3 atom stereocenters. The van der Waals surface area contributed by atoms with Crippen LogP contribution in [0.2, 0.25) is 0 Å². The zero-order chi connectivity index (χ0) is 24.2. The summed E-state index contributed by atoms with van der Waals surface area (Å²) in [5.74, 6) is 0.359. The van der Waals surface area contributed by atoms with Crippen molar-refractivity contribution in [3.05, 3.63) is 107 Å². The molecular weight excluding hydrogens is 438 g/mol. The molecule has 6 heteroatoms. The van der Waals surface area contributed by atoms with E-state index in [9.17, 15) is 9.59 Å². The van der Waals surface area contributed by atoms with E-state index in [2.05, 4.69) is 22.4 Å². The molecule has 35 heavy (non-hydrogen) atoms. The van der Waals surface area contributed by atoms with Crippen molar-refractivity contribution >= 4 is 22.8 Å².